The molecule has 3 saturated heterocycles. The number of benzene rings is 3. The first-order valence-electron chi connectivity index (χ1n) is 44.7. The fourth-order valence-corrected chi connectivity index (χ4v) is 21.7. The third-order valence-electron chi connectivity index (χ3n) is 25.1. The summed E-state index contributed by atoms with van der Waals surface area (Å²) in [5.41, 5.74) is 18.4. The molecule has 30 heteroatoms. The van der Waals surface area contributed by atoms with Crippen LogP contribution in [0.25, 0.3) is 33.4 Å². The van der Waals surface area contributed by atoms with Gasteiger partial charge in [-0.2, -0.15) is 0 Å². The Morgan fingerprint density at radius 2 is 0.752 bits per heavy atom. The molecular weight excluding hydrogens is 1700 g/mol. The van der Waals surface area contributed by atoms with Crippen molar-refractivity contribution in [3.8, 4) is 33.4 Å². The molecule has 18 rings (SSSR count). The molecule has 26 nitrogen and oxygen atoms in total. The van der Waals surface area contributed by atoms with E-state index in [-0.39, 0.29) is 40.2 Å². The molecule has 3 fully saturated rings. The second kappa shape index (κ2) is 40.8. The predicted octanol–water partition coefficient (Wildman–Crippen LogP) is 16.6. The van der Waals surface area contributed by atoms with Gasteiger partial charge < -0.3 is 69.9 Å². The summed E-state index contributed by atoms with van der Waals surface area (Å²) < 4.78 is 33.3. The zero-order chi connectivity index (χ0) is 90.0. The smallest absolute Gasteiger partial charge is 0.274 e. The number of nitrogens with zero attached hydrogens (tertiary/aromatic N) is 11. The predicted molar refractivity (Wildman–Crippen MR) is 525 cm³/mol. The first kappa shape index (κ1) is 90.5. The number of aromatic nitrogens is 6. The van der Waals surface area contributed by atoms with E-state index in [1.165, 1.54) is 76.1 Å². The molecule has 3 aromatic carbocycles. The van der Waals surface area contributed by atoms with Crippen molar-refractivity contribution >= 4 is 130 Å². The number of amides is 3. The molecule has 12 aromatic rings. The minimum atomic E-state index is -2.97. The maximum atomic E-state index is 13.2. The van der Waals surface area contributed by atoms with E-state index in [2.05, 4.69) is 96.6 Å². The Morgan fingerprint density at radius 1 is 0.395 bits per heavy atom. The lowest BCUT2D eigenvalue weighted by atomic mass is 9.99. The zero-order valence-corrected chi connectivity index (χ0v) is 77.9. The summed E-state index contributed by atoms with van der Waals surface area (Å²) in [7, 11) is 4.41. The number of thiophene rings is 3. The number of fused-ring (bicyclic) bond motifs is 3. The summed E-state index contributed by atoms with van der Waals surface area (Å²) in [6, 6.07) is 41.0. The Balaban J connectivity index is 0.000000142. The van der Waals surface area contributed by atoms with Crippen molar-refractivity contribution in [3.05, 3.63) is 258 Å². The molecule has 0 radical (unpaired) electrons. The van der Waals surface area contributed by atoms with Gasteiger partial charge >= 0.3 is 0 Å². The average Bonchev–Trinajstić information content (AvgIpc) is 1.44. The quantitative estimate of drug-likeness (QED) is 0.0390. The van der Waals surface area contributed by atoms with E-state index in [9.17, 15) is 37.2 Å². The van der Waals surface area contributed by atoms with Crippen LogP contribution in [0.15, 0.2) is 179 Å². The van der Waals surface area contributed by atoms with Gasteiger partial charge in [0.15, 0.2) is 0 Å². The molecule has 0 atom stereocenters. The number of carbonyl (C=O) groups is 3. The van der Waals surface area contributed by atoms with Gasteiger partial charge in [-0.25, -0.2) is 23.4 Å². The van der Waals surface area contributed by atoms with Crippen LogP contribution in [0.4, 0.5) is 68.6 Å². The number of nitrogens with one attached hydrogen (secondary N) is 6. The molecule has 9 aromatic heterocycles. The minimum Gasteiger partial charge on any atom is -0.380 e. The molecule has 12 heterocycles. The lowest BCUT2D eigenvalue weighted by molar-refractivity contribution is 0.102. The molecular formula is C99H113N17O9S4. The van der Waals surface area contributed by atoms with E-state index in [4.69, 9.17) is 4.74 Å². The summed E-state index contributed by atoms with van der Waals surface area (Å²) in [5.74, 6) is 1.72. The highest BCUT2D eigenvalue weighted by molar-refractivity contribution is 7.90. The van der Waals surface area contributed by atoms with E-state index in [0.717, 1.165) is 222 Å². The van der Waals surface area contributed by atoms with Crippen LogP contribution in [0.2, 0.25) is 0 Å². The summed E-state index contributed by atoms with van der Waals surface area (Å²) in [4.78, 5) is 110. The molecule has 129 heavy (non-hydrogen) atoms. The number of hydrogen-bond donors (Lipinski definition) is 6. The molecule has 0 unspecified atom stereocenters. The van der Waals surface area contributed by atoms with Crippen molar-refractivity contribution in [2.75, 3.05) is 151 Å². The van der Waals surface area contributed by atoms with Gasteiger partial charge in [-0.05, 0) is 265 Å². The lowest BCUT2D eigenvalue weighted by Gasteiger charge is -2.35. The summed E-state index contributed by atoms with van der Waals surface area (Å²) >= 11 is 4.83. The number of carbonyl (C=O) groups excluding carboxylic acids is 3. The molecule has 0 bridgehead atoms. The summed E-state index contributed by atoms with van der Waals surface area (Å²) in [5, 5.41) is 19.1. The summed E-state index contributed by atoms with van der Waals surface area (Å²) in [6.07, 6.45) is 27.9. The van der Waals surface area contributed by atoms with Crippen molar-refractivity contribution in [2.24, 2.45) is 21.1 Å². The van der Waals surface area contributed by atoms with Crippen LogP contribution in [0, 0.1) is 20.8 Å². The van der Waals surface area contributed by atoms with E-state index in [1.54, 1.807) is 81.2 Å². The van der Waals surface area contributed by atoms with Crippen molar-refractivity contribution in [3.63, 3.8) is 0 Å². The Labute approximate surface area is 765 Å². The number of anilines is 12. The van der Waals surface area contributed by atoms with Gasteiger partial charge in [-0.15, -0.1) is 34.0 Å². The number of pyridine rings is 6. The Morgan fingerprint density at radius 3 is 1.12 bits per heavy atom. The number of aryl methyl sites for hydroxylation is 9. The fraction of sp³-hybridized carbons (Fsp3) is 0.364. The summed E-state index contributed by atoms with van der Waals surface area (Å²) in [6.45, 7) is 17.1. The average molecular weight is 1810 g/mol. The van der Waals surface area contributed by atoms with Crippen molar-refractivity contribution < 1.29 is 27.5 Å². The third-order valence-corrected chi connectivity index (χ3v) is 29.7. The van der Waals surface area contributed by atoms with Gasteiger partial charge in [0.2, 0.25) is 0 Å². The molecule has 3 aliphatic heterocycles. The molecule has 0 saturated carbocycles. The third kappa shape index (κ3) is 22.2. The monoisotopic (exact) mass is 1810 g/mol. The Bertz CT molecular complexity index is 6330. The number of hydrogen-bond acceptors (Lipinski definition) is 23. The molecule has 0 spiro atoms. The zero-order valence-electron chi connectivity index (χ0n) is 74.6. The van der Waals surface area contributed by atoms with E-state index in [0.29, 0.717) is 47.7 Å². The Kier molecular flexibility index (Phi) is 28.6. The second-order valence-corrected chi connectivity index (χ2v) is 40.1. The molecule has 3 aliphatic carbocycles. The topological polar surface area (TPSA) is 288 Å². The van der Waals surface area contributed by atoms with Gasteiger partial charge in [0, 0.05) is 166 Å². The highest BCUT2D eigenvalue weighted by atomic mass is 32.2. The van der Waals surface area contributed by atoms with Crippen LogP contribution < -0.4 is 63.3 Å². The maximum Gasteiger partial charge on any atom is 0.274 e. The van der Waals surface area contributed by atoms with Crippen LogP contribution >= 0.6 is 34.0 Å². The van der Waals surface area contributed by atoms with Gasteiger partial charge in [0.1, 0.15) is 44.4 Å². The van der Waals surface area contributed by atoms with Crippen LogP contribution in [-0.2, 0) is 74.2 Å². The molecule has 672 valence electrons. The number of likely N-dealkylation sites (N-methyl/N-ethyl adjacent to an activating group) is 1. The lowest BCUT2D eigenvalue weighted by Crippen LogP contribution is -2.47. The number of ether oxygens (including phenoxy) is 1. The Hall–Kier alpha value is -11.9. The van der Waals surface area contributed by atoms with Crippen LogP contribution in [-0.4, -0.2) is 169 Å². The number of piperazine rings is 1. The van der Waals surface area contributed by atoms with Crippen molar-refractivity contribution in [1.82, 2.24) is 38.5 Å². The first-order valence-corrected chi connectivity index (χ1v) is 49.2. The molecule has 3 amide bonds. The van der Waals surface area contributed by atoms with E-state index in [1.807, 2.05) is 155 Å². The first-order chi connectivity index (χ1) is 62.3. The largest absolute Gasteiger partial charge is 0.380 e. The molecule has 6 aliphatic rings. The van der Waals surface area contributed by atoms with Gasteiger partial charge in [0.05, 0.1) is 62.6 Å². The SMILES string of the molecule is Cc1c(NC(=O)c2cc3c(s2)CCCC3)cccc1-c1cc(Nc2ccc(N3CCCN(C)CC3)cn2)c(=O)n(C)c1.Cc1c(NC(=O)c2cc3c(s2)CCCC3)cccc1-c1cc(Nc2ccc(N3CCCOCC3)cn2)c(=O)n(C)c1.Cc1c(NC(=O)c2cc3c(s2)CCCC3)cccc1-c1cc(Nc2ccc(N3CCN(CCS(C)(=O)=O)CC3)cn2)c(=O)n(C)c1. The molecule has 6 N–H and O–H groups in total. The van der Waals surface area contributed by atoms with Gasteiger partial charge in [0.25, 0.3) is 34.4 Å². The van der Waals surface area contributed by atoms with Crippen molar-refractivity contribution in [1.29, 1.82) is 0 Å². The number of rotatable bonds is 21. The van der Waals surface area contributed by atoms with Gasteiger partial charge in [-0.1, -0.05) is 36.4 Å². The number of sulfone groups is 1. The van der Waals surface area contributed by atoms with E-state index >= 15 is 0 Å². The second-order valence-electron chi connectivity index (χ2n) is 34.4. The van der Waals surface area contributed by atoms with Crippen LogP contribution in [0.1, 0.15) is 128 Å². The maximum absolute atomic E-state index is 13.2. The standard InChI is InChI=1S/C34H40N6O4S2.C33H38N6O2S.C32H35N5O3S/c1-23-27(8-6-9-28(23)37-33(41)31-20-24-7-4-5-10-30(24)45-31)25-19-29(34(42)38(2)22-25)36-32-12-11-26(21-35-32)40-15-13-39(14-16-40)17-18-46(3,43)44;1-22-26(9-6-10-27(22)36-32(40)30-19-23-8-4-5-11-29(23)42-30)24-18-28(33(41)38(3)21-24)35-31-13-12-25(20-34-31)39-15-7-14-37(2)16-17-39;1-21-25(8-5-9-26(21)35-31(38)29-18-22-7-3-4-10-28(22)41-29)23-17-27(32(39)36(2)20-23)34-30-12-11-24(19-33-30)37-13-6-15-40-16-14-37/h6,8-9,11-12,19-22H,4-5,7,10,13-18H2,1-3H3,(H,35,36)(H,37,41);6,9-10,12-13,18-21H,4-5,7-8,11,14-17H2,1-3H3,(H,34,35)(H,36,40);5,8-9,11-12,17-20H,3-4,6-7,10,13-16H2,1-2H3,(H,33,34)(H,35,38). The van der Waals surface area contributed by atoms with E-state index < -0.39 is 9.84 Å². The van der Waals surface area contributed by atoms with Crippen LogP contribution in [0.5, 0.6) is 0 Å². The highest BCUT2D eigenvalue weighted by Crippen LogP contribution is 2.39. The normalized spacial score (nSPS) is 15.4. The fourth-order valence-electron chi connectivity index (χ4n) is 17.6. The highest BCUT2D eigenvalue weighted by Gasteiger charge is 2.27. The minimum absolute atomic E-state index is 0.0702. The van der Waals surface area contributed by atoms with Crippen LogP contribution in [0.3, 0.4) is 0 Å². The van der Waals surface area contributed by atoms with Gasteiger partial charge in [-0.3, -0.25) is 33.7 Å². The van der Waals surface area contributed by atoms with Crippen molar-refractivity contribution in [2.45, 2.75) is 111 Å².